The molecular weight excluding hydrogens is 400 g/mol. The van der Waals surface area contributed by atoms with Gasteiger partial charge in [-0.3, -0.25) is 4.79 Å². The summed E-state index contributed by atoms with van der Waals surface area (Å²) in [6, 6.07) is 14.1. The van der Waals surface area contributed by atoms with Gasteiger partial charge in [-0.15, -0.1) is 0 Å². The number of sulfonamides is 1. The third kappa shape index (κ3) is 5.70. The Morgan fingerprint density at radius 1 is 1.07 bits per heavy atom. The number of amides is 1. The largest absolute Gasteiger partial charge is 0.489 e. The molecule has 0 saturated carbocycles. The number of anilines is 1. The Bertz CT molecular complexity index is 995. The Labute approximate surface area is 178 Å². The zero-order valence-corrected chi connectivity index (χ0v) is 18.2. The molecule has 1 aliphatic heterocycles. The van der Waals surface area contributed by atoms with E-state index in [2.05, 4.69) is 5.32 Å². The van der Waals surface area contributed by atoms with Crippen molar-refractivity contribution >= 4 is 27.7 Å². The summed E-state index contributed by atoms with van der Waals surface area (Å²) < 4.78 is 33.3. The standard InChI is InChI=1S/C23H28N2O4S/c1-18(2)29-22-13-12-20(30(27,28)25-15-7-4-8-16-25)17-21(22)24-23(26)14-11-19-9-5-3-6-10-19/h3,5-6,9-14,17-18H,4,7-8,15-16H2,1-2H3,(H,24,26)/b14-11+. The minimum Gasteiger partial charge on any atom is -0.489 e. The first-order chi connectivity index (χ1) is 14.4. The summed E-state index contributed by atoms with van der Waals surface area (Å²) in [7, 11) is -3.61. The minimum absolute atomic E-state index is 0.120. The van der Waals surface area contributed by atoms with Crippen molar-refractivity contribution in [1.82, 2.24) is 4.31 Å². The third-order valence-electron chi connectivity index (χ3n) is 4.75. The van der Waals surface area contributed by atoms with Crippen LogP contribution in [0.25, 0.3) is 6.08 Å². The molecule has 6 nitrogen and oxygen atoms in total. The van der Waals surface area contributed by atoms with Gasteiger partial charge in [-0.2, -0.15) is 4.31 Å². The van der Waals surface area contributed by atoms with E-state index in [1.54, 1.807) is 12.1 Å². The number of hydrogen-bond donors (Lipinski definition) is 1. The molecule has 0 aliphatic carbocycles. The van der Waals surface area contributed by atoms with Crippen molar-refractivity contribution in [1.29, 1.82) is 0 Å². The first-order valence-corrected chi connectivity index (χ1v) is 11.7. The molecule has 30 heavy (non-hydrogen) atoms. The molecule has 0 bridgehead atoms. The lowest BCUT2D eigenvalue weighted by molar-refractivity contribution is -0.111. The summed E-state index contributed by atoms with van der Waals surface area (Å²) in [4.78, 5) is 12.6. The molecule has 2 aromatic rings. The van der Waals surface area contributed by atoms with Crippen LogP contribution in [0.15, 0.2) is 59.5 Å². The molecule has 1 N–H and O–H groups in total. The van der Waals surface area contributed by atoms with Gasteiger partial charge in [0.15, 0.2) is 0 Å². The molecule has 160 valence electrons. The van der Waals surface area contributed by atoms with E-state index in [1.807, 2.05) is 44.2 Å². The highest BCUT2D eigenvalue weighted by atomic mass is 32.2. The van der Waals surface area contributed by atoms with E-state index in [4.69, 9.17) is 4.74 Å². The van der Waals surface area contributed by atoms with Crippen molar-refractivity contribution in [3.05, 3.63) is 60.2 Å². The van der Waals surface area contributed by atoms with Gasteiger partial charge in [-0.1, -0.05) is 36.8 Å². The molecule has 1 fully saturated rings. The van der Waals surface area contributed by atoms with E-state index in [1.165, 1.54) is 22.5 Å². The van der Waals surface area contributed by atoms with Gasteiger partial charge in [-0.05, 0) is 56.5 Å². The van der Waals surface area contributed by atoms with Crippen LogP contribution in [0.1, 0.15) is 38.7 Å². The van der Waals surface area contributed by atoms with Crippen molar-refractivity contribution in [2.24, 2.45) is 0 Å². The summed E-state index contributed by atoms with van der Waals surface area (Å²) >= 11 is 0. The van der Waals surface area contributed by atoms with Gasteiger partial charge in [0.1, 0.15) is 5.75 Å². The van der Waals surface area contributed by atoms with Crippen molar-refractivity contribution in [3.63, 3.8) is 0 Å². The van der Waals surface area contributed by atoms with Gasteiger partial charge in [0, 0.05) is 19.2 Å². The third-order valence-corrected chi connectivity index (χ3v) is 6.65. The van der Waals surface area contributed by atoms with Crippen LogP contribution in [-0.2, 0) is 14.8 Å². The van der Waals surface area contributed by atoms with Crippen LogP contribution in [0.4, 0.5) is 5.69 Å². The number of hydrogen-bond acceptors (Lipinski definition) is 4. The lowest BCUT2D eigenvalue weighted by atomic mass is 10.2. The zero-order chi connectivity index (χ0) is 21.6. The molecule has 1 aliphatic rings. The first kappa shape index (κ1) is 22.1. The van der Waals surface area contributed by atoms with Crippen LogP contribution < -0.4 is 10.1 Å². The Morgan fingerprint density at radius 3 is 2.43 bits per heavy atom. The number of nitrogens with one attached hydrogen (secondary N) is 1. The highest BCUT2D eigenvalue weighted by Crippen LogP contribution is 2.31. The van der Waals surface area contributed by atoms with Crippen LogP contribution in [0.3, 0.4) is 0 Å². The molecule has 0 aromatic heterocycles. The summed E-state index contributed by atoms with van der Waals surface area (Å²) in [5.41, 5.74) is 1.23. The second-order valence-electron chi connectivity index (χ2n) is 7.52. The van der Waals surface area contributed by atoms with E-state index in [0.717, 1.165) is 24.8 Å². The minimum atomic E-state index is -3.61. The van der Waals surface area contributed by atoms with Gasteiger partial charge in [0.05, 0.1) is 16.7 Å². The van der Waals surface area contributed by atoms with Crippen LogP contribution in [0.2, 0.25) is 0 Å². The average molecular weight is 429 g/mol. The van der Waals surface area contributed by atoms with Crippen LogP contribution in [0.5, 0.6) is 5.75 Å². The maximum absolute atomic E-state index is 13.0. The summed E-state index contributed by atoms with van der Waals surface area (Å²) in [6.45, 7) is 4.79. The maximum atomic E-state index is 13.0. The zero-order valence-electron chi connectivity index (χ0n) is 17.4. The number of carbonyl (C=O) groups excluding carboxylic acids is 1. The first-order valence-electron chi connectivity index (χ1n) is 10.2. The molecule has 1 saturated heterocycles. The monoisotopic (exact) mass is 428 g/mol. The molecule has 0 unspecified atom stereocenters. The number of carbonyl (C=O) groups is 1. The van der Waals surface area contributed by atoms with Gasteiger partial charge < -0.3 is 10.1 Å². The molecule has 3 rings (SSSR count). The molecule has 0 spiro atoms. The normalized spacial score (nSPS) is 15.4. The number of nitrogens with zero attached hydrogens (tertiary/aromatic N) is 1. The van der Waals surface area contributed by atoms with E-state index >= 15 is 0 Å². The van der Waals surface area contributed by atoms with Gasteiger partial charge >= 0.3 is 0 Å². The Kier molecular flexibility index (Phi) is 7.29. The second kappa shape index (κ2) is 9.91. The molecule has 0 atom stereocenters. The number of benzene rings is 2. The SMILES string of the molecule is CC(C)Oc1ccc(S(=O)(=O)N2CCCCC2)cc1NC(=O)/C=C/c1ccccc1. The molecular formula is C23H28N2O4S. The van der Waals surface area contributed by atoms with Gasteiger partial charge in [0.2, 0.25) is 15.9 Å². The van der Waals surface area contributed by atoms with Crippen molar-refractivity contribution in [2.75, 3.05) is 18.4 Å². The number of piperidine rings is 1. The lowest BCUT2D eigenvalue weighted by Gasteiger charge is -2.26. The van der Waals surface area contributed by atoms with Crippen LogP contribution in [0, 0.1) is 0 Å². The Hall–Kier alpha value is -2.64. The van der Waals surface area contributed by atoms with E-state index in [0.29, 0.717) is 24.5 Å². The number of rotatable bonds is 7. The fraction of sp³-hybridized carbons (Fsp3) is 0.348. The molecule has 1 heterocycles. The summed E-state index contributed by atoms with van der Waals surface area (Å²) in [5, 5.41) is 2.77. The molecule has 7 heteroatoms. The lowest BCUT2D eigenvalue weighted by Crippen LogP contribution is -2.35. The molecule has 2 aromatic carbocycles. The van der Waals surface area contributed by atoms with E-state index in [-0.39, 0.29) is 16.9 Å². The quantitative estimate of drug-likeness (QED) is 0.667. The Morgan fingerprint density at radius 2 is 1.77 bits per heavy atom. The second-order valence-corrected chi connectivity index (χ2v) is 9.46. The van der Waals surface area contributed by atoms with Gasteiger partial charge in [-0.25, -0.2) is 8.42 Å². The number of ether oxygens (including phenoxy) is 1. The van der Waals surface area contributed by atoms with Gasteiger partial charge in [0.25, 0.3) is 0 Å². The summed E-state index contributed by atoms with van der Waals surface area (Å²) in [6.07, 6.45) is 5.77. The van der Waals surface area contributed by atoms with Crippen molar-refractivity contribution in [2.45, 2.75) is 44.1 Å². The smallest absolute Gasteiger partial charge is 0.248 e. The highest BCUT2D eigenvalue weighted by molar-refractivity contribution is 7.89. The van der Waals surface area contributed by atoms with Crippen molar-refractivity contribution in [3.8, 4) is 5.75 Å². The van der Waals surface area contributed by atoms with E-state index in [9.17, 15) is 13.2 Å². The fourth-order valence-electron chi connectivity index (χ4n) is 3.29. The molecule has 0 radical (unpaired) electrons. The van der Waals surface area contributed by atoms with Crippen LogP contribution >= 0.6 is 0 Å². The van der Waals surface area contributed by atoms with Crippen molar-refractivity contribution < 1.29 is 17.9 Å². The summed E-state index contributed by atoms with van der Waals surface area (Å²) in [5.74, 6) is 0.0732. The Balaban J connectivity index is 1.85. The highest BCUT2D eigenvalue weighted by Gasteiger charge is 2.27. The predicted octanol–water partition coefficient (Wildman–Crippen LogP) is 4.30. The van der Waals surface area contributed by atoms with E-state index < -0.39 is 10.0 Å². The maximum Gasteiger partial charge on any atom is 0.248 e. The fourth-order valence-corrected chi connectivity index (χ4v) is 4.83. The van der Waals surface area contributed by atoms with Crippen LogP contribution in [-0.4, -0.2) is 37.8 Å². The average Bonchev–Trinajstić information content (AvgIpc) is 2.74. The molecule has 1 amide bonds. The predicted molar refractivity (Wildman–Crippen MR) is 119 cm³/mol. The topological polar surface area (TPSA) is 75.7 Å².